The van der Waals surface area contributed by atoms with Gasteiger partial charge in [0.15, 0.2) is 0 Å². The molecule has 1 heterocycles. The summed E-state index contributed by atoms with van der Waals surface area (Å²) >= 11 is 1.23. The maximum absolute atomic E-state index is 11.6. The SMILES string of the molecule is O=C1Nc2ccccc2/C(=C/c2ccccc2)S1. The number of carbonyl (C=O) groups excluding carboxylic acids is 1. The lowest BCUT2D eigenvalue weighted by molar-refractivity contribution is 0.270. The molecule has 1 aliphatic heterocycles. The van der Waals surface area contributed by atoms with Crippen LogP contribution in [-0.2, 0) is 0 Å². The highest BCUT2D eigenvalue weighted by Crippen LogP contribution is 2.39. The van der Waals surface area contributed by atoms with Gasteiger partial charge in [0.25, 0.3) is 5.24 Å². The number of hydrogen-bond donors (Lipinski definition) is 1. The molecule has 2 aromatic rings. The molecule has 0 aliphatic carbocycles. The summed E-state index contributed by atoms with van der Waals surface area (Å²) in [7, 11) is 0. The first-order chi connectivity index (χ1) is 8.83. The summed E-state index contributed by atoms with van der Waals surface area (Å²) in [5.41, 5.74) is 3.05. The van der Waals surface area contributed by atoms with Crippen molar-refractivity contribution in [1.82, 2.24) is 0 Å². The maximum Gasteiger partial charge on any atom is 0.288 e. The number of thioether (sulfide) groups is 1. The van der Waals surface area contributed by atoms with Crippen LogP contribution in [0.15, 0.2) is 54.6 Å². The van der Waals surface area contributed by atoms with Crippen LogP contribution in [0.2, 0.25) is 0 Å². The quantitative estimate of drug-likeness (QED) is 0.812. The number of fused-ring (bicyclic) bond motifs is 1. The number of nitrogens with one attached hydrogen (secondary N) is 1. The molecule has 0 unspecified atom stereocenters. The molecule has 0 spiro atoms. The Bertz CT molecular complexity index is 619. The van der Waals surface area contributed by atoms with Gasteiger partial charge in [-0.15, -0.1) is 0 Å². The molecule has 18 heavy (non-hydrogen) atoms. The molecule has 1 aliphatic rings. The van der Waals surface area contributed by atoms with Crippen molar-refractivity contribution in [3.05, 3.63) is 65.7 Å². The average molecular weight is 253 g/mol. The number of amides is 1. The van der Waals surface area contributed by atoms with E-state index in [4.69, 9.17) is 0 Å². The maximum atomic E-state index is 11.6. The number of anilines is 1. The van der Waals surface area contributed by atoms with E-state index in [2.05, 4.69) is 5.32 Å². The van der Waals surface area contributed by atoms with Crippen molar-refractivity contribution in [1.29, 1.82) is 0 Å². The van der Waals surface area contributed by atoms with E-state index in [1.54, 1.807) is 0 Å². The third-order valence-electron chi connectivity index (χ3n) is 2.73. The van der Waals surface area contributed by atoms with Crippen molar-refractivity contribution in [2.24, 2.45) is 0 Å². The summed E-state index contributed by atoms with van der Waals surface area (Å²) < 4.78 is 0. The first-order valence-electron chi connectivity index (χ1n) is 5.68. The van der Waals surface area contributed by atoms with Crippen LogP contribution in [0.3, 0.4) is 0 Å². The zero-order valence-electron chi connectivity index (χ0n) is 9.59. The fraction of sp³-hybridized carbons (Fsp3) is 0. The van der Waals surface area contributed by atoms with Crippen LogP contribution in [0.4, 0.5) is 10.5 Å². The largest absolute Gasteiger partial charge is 0.316 e. The summed E-state index contributed by atoms with van der Waals surface area (Å²) in [5, 5.41) is 2.83. The van der Waals surface area contributed by atoms with Crippen molar-refractivity contribution in [2.45, 2.75) is 0 Å². The lowest BCUT2D eigenvalue weighted by Gasteiger charge is -2.18. The van der Waals surface area contributed by atoms with Gasteiger partial charge in [-0.05, 0) is 29.5 Å². The van der Waals surface area contributed by atoms with E-state index < -0.39 is 0 Å². The van der Waals surface area contributed by atoms with Crippen LogP contribution in [0.5, 0.6) is 0 Å². The monoisotopic (exact) mass is 253 g/mol. The van der Waals surface area contributed by atoms with Crippen LogP contribution in [0.1, 0.15) is 11.1 Å². The molecule has 1 N–H and O–H groups in total. The summed E-state index contributed by atoms with van der Waals surface area (Å²) in [6.07, 6.45) is 2.04. The second kappa shape index (κ2) is 4.70. The zero-order chi connectivity index (χ0) is 12.4. The fourth-order valence-electron chi connectivity index (χ4n) is 1.91. The second-order valence-corrected chi connectivity index (χ2v) is 4.99. The molecule has 0 aromatic heterocycles. The highest BCUT2D eigenvalue weighted by molar-refractivity contribution is 8.22. The molecule has 3 heteroatoms. The number of rotatable bonds is 1. The Hall–Kier alpha value is -2.00. The Balaban J connectivity index is 2.08. The van der Waals surface area contributed by atoms with Crippen LogP contribution in [0.25, 0.3) is 11.0 Å². The first kappa shape index (κ1) is 11.1. The van der Waals surface area contributed by atoms with Gasteiger partial charge in [0, 0.05) is 16.2 Å². The van der Waals surface area contributed by atoms with Gasteiger partial charge in [-0.25, -0.2) is 0 Å². The van der Waals surface area contributed by atoms with Crippen LogP contribution < -0.4 is 5.32 Å². The highest BCUT2D eigenvalue weighted by Gasteiger charge is 2.19. The lowest BCUT2D eigenvalue weighted by atomic mass is 10.1. The second-order valence-electron chi connectivity index (χ2n) is 3.98. The fourth-order valence-corrected chi connectivity index (χ4v) is 2.75. The van der Waals surface area contributed by atoms with Crippen molar-refractivity contribution in [3.8, 4) is 0 Å². The zero-order valence-corrected chi connectivity index (χ0v) is 10.4. The van der Waals surface area contributed by atoms with Crippen LogP contribution in [0, 0.1) is 0 Å². The molecule has 88 valence electrons. The predicted octanol–water partition coefficient (Wildman–Crippen LogP) is 4.46. The smallest absolute Gasteiger partial charge is 0.288 e. The van der Waals surface area contributed by atoms with Gasteiger partial charge in [-0.3, -0.25) is 4.79 Å². The molecule has 0 fully saturated rings. The number of carbonyl (C=O) groups is 1. The van der Waals surface area contributed by atoms with Gasteiger partial charge in [0.1, 0.15) is 0 Å². The Morgan fingerprint density at radius 3 is 2.50 bits per heavy atom. The minimum Gasteiger partial charge on any atom is -0.316 e. The Morgan fingerprint density at radius 2 is 1.67 bits per heavy atom. The van der Waals surface area contributed by atoms with Crippen LogP contribution >= 0.6 is 11.8 Å². The van der Waals surface area contributed by atoms with E-state index in [9.17, 15) is 4.79 Å². The molecule has 3 rings (SSSR count). The van der Waals surface area contributed by atoms with E-state index in [-0.39, 0.29) is 5.24 Å². The molecule has 2 aromatic carbocycles. The van der Waals surface area contributed by atoms with E-state index in [0.29, 0.717) is 0 Å². The van der Waals surface area contributed by atoms with Crippen molar-refractivity contribution in [3.63, 3.8) is 0 Å². The molecule has 0 atom stereocenters. The van der Waals surface area contributed by atoms with Gasteiger partial charge in [0.2, 0.25) is 0 Å². The Kier molecular flexibility index (Phi) is 2.90. The summed E-state index contributed by atoms with van der Waals surface area (Å²) in [6, 6.07) is 17.9. The topological polar surface area (TPSA) is 29.1 Å². The normalized spacial score (nSPS) is 16.2. The predicted molar refractivity (Wildman–Crippen MR) is 77.4 cm³/mol. The van der Waals surface area contributed by atoms with Gasteiger partial charge in [-0.2, -0.15) is 0 Å². The summed E-state index contributed by atoms with van der Waals surface area (Å²) in [4.78, 5) is 12.6. The summed E-state index contributed by atoms with van der Waals surface area (Å²) in [5.74, 6) is 0. The number of benzene rings is 2. The van der Waals surface area contributed by atoms with Gasteiger partial charge in [0.05, 0.1) is 0 Å². The average Bonchev–Trinajstić information content (AvgIpc) is 2.40. The Labute approximate surface area is 110 Å². The minimum atomic E-state index is -0.0316. The minimum absolute atomic E-state index is 0.0316. The van der Waals surface area contributed by atoms with E-state index in [0.717, 1.165) is 21.7 Å². The van der Waals surface area contributed by atoms with Crippen molar-refractivity contribution in [2.75, 3.05) is 5.32 Å². The highest BCUT2D eigenvalue weighted by atomic mass is 32.2. The number of para-hydroxylation sites is 1. The molecule has 0 saturated heterocycles. The van der Waals surface area contributed by atoms with Gasteiger partial charge < -0.3 is 5.32 Å². The molecule has 1 amide bonds. The molecule has 0 bridgehead atoms. The third-order valence-corrected chi connectivity index (χ3v) is 3.57. The van der Waals surface area contributed by atoms with E-state index in [1.807, 2.05) is 60.7 Å². The van der Waals surface area contributed by atoms with Crippen molar-refractivity contribution >= 4 is 33.7 Å². The van der Waals surface area contributed by atoms with Crippen LogP contribution in [-0.4, -0.2) is 5.24 Å². The lowest BCUT2D eigenvalue weighted by Crippen LogP contribution is -2.11. The van der Waals surface area contributed by atoms with Gasteiger partial charge >= 0.3 is 0 Å². The molecular weight excluding hydrogens is 242 g/mol. The third kappa shape index (κ3) is 2.17. The summed E-state index contributed by atoms with van der Waals surface area (Å²) in [6.45, 7) is 0. The Morgan fingerprint density at radius 1 is 0.944 bits per heavy atom. The van der Waals surface area contributed by atoms with E-state index in [1.165, 1.54) is 11.8 Å². The molecule has 2 nitrogen and oxygen atoms in total. The standard InChI is InChI=1S/C15H11NOS/c17-15-16-13-9-5-4-8-12(13)14(18-15)10-11-6-2-1-3-7-11/h1-10H,(H,16,17)/b14-10-. The molecular formula is C15H11NOS. The molecule has 0 saturated carbocycles. The first-order valence-corrected chi connectivity index (χ1v) is 6.49. The van der Waals surface area contributed by atoms with Gasteiger partial charge in [-0.1, -0.05) is 48.5 Å². The van der Waals surface area contributed by atoms with Crippen molar-refractivity contribution < 1.29 is 4.79 Å². The number of hydrogen-bond acceptors (Lipinski definition) is 2. The molecule has 0 radical (unpaired) electrons. The van der Waals surface area contributed by atoms with E-state index >= 15 is 0 Å².